The Morgan fingerprint density at radius 2 is 0.957 bits per heavy atom. The molecule has 1 radical (unpaired) electrons. The molecule has 0 spiro atoms. The van der Waals surface area contributed by atoms with Gasteiger partial charge in [-0.3, -0.25) is 19.1 Å². The summed E-state index contributed by atoms with van der Waals surface area (Å²) < 4.78 is 4.29. The summed E-state index contributed by atoms with van der Waals surface area (Å²) >= 11 is 16.1. The van der Waals surface area contributed by atoms with E-state index in [0.29, 0.717) is 10.0 Å². The van der Waals surface area contributed by atoms with Gasteiger partial charge in [0.15, 0.2) is 18.9 Å². The number of aryl methyl sites for hydroxylation is 4. The number of fused-ring (bicyclic) bond motifs is 6. The highest BCUT2D eigenvalue weighted by molar-refractivity contribution is 7.15. The zero-order valence-electron chi connectivity index (χ0n) is 26.5. The molecule has 2 aliphatic heterocycles. The topological polar surface area (TPSA) is 86.1 Å². The minimum absolute atomic E-state index is 0.508. The molecule has 0 unspecified atom stereocenters. The smallest absolute Gasteiger partial charge is 0.197 e. The van der Waals surface area contributed by atoms with E-state index in [9.17, 15) is 0 Å². The van der Waals surface area contributed by atoms with Gasteiger partial charge in [-0.1, -0.05) is 47.5 Å². The molecule has 6 aromatic rings. The van der Waals surface area contributed by atoms with Crippen LogP contribution < -0.4 is 0 Å². The minimum atomic E-state index is -0.508. The molecule has 4 aromatic heterocycles. The number of aliphatic imine (C=N–C) groups is 2. The summed E-state index contributed by atoms with van der Waals surface area (Å²) in [5.74, 6) is 2.03. The van der Waals surface area contributed by atoms with E-state index >= 15 is 0 Å². The molecule has 2 aromatic carbocycles. The van der Waals surface area contributed by atoms with Crippen molar-refractivity contribution in [3.05, 3.63) is 125 Å². The van der Waals surface area contributed by atoms with E-state index in [2.05, 4.69) is 54.3 Å². The quantitative estimate of drug-likeness (QED) is 0.174. The molecule has 233 valence electrons. The molecule has 0 N–H and O–H groups in total. The van der Waals surface area contributed by atoms with E-state index in [1.165, 1.54) is 20.9 Å². The number of hydrogen-bond acceptors (Lipinski definition) is 8. The van der Waals surface area contributed by atoms with Crippen LogP contribution in [0, 0.1) is 41.5 Å². The highest BCUT2D eigenvalue weighted by Crippen LogP contribution is 2.42. The van der Waals surface area contributed by atoms with Crippen molar-refractivity contribution in [3.63, 3.8) is 0 Å². The number of aromatic nitrogens is 6. The lowest BCUT2D eigenvalue weighted by Crippen LogP contribution is -2.21. The Morgan fingerprint density at radius 3 is 1.34 bits per heavy atom. The predicted molar refractivity (Wildman–Crippen MR) is 192 cm³/mol. The van der Waals surface area contributed by atoms with Crippen molar-refractivity contribution in [1.82, 2.24) is 29.5 Å². The normalized spacial score (nSPS) is 16.8. The molecule has 13 heteroatoms. The summed E-state index contributed by atoms with van der Waals surface area (Å²) in [4.78, 5) is 13.4. The average molecular weight is 695 g/mol. The zero-order valence-corrected chi connectivity index (χ0v) is 29.6. The summed E-state index contributed by atoms with van der Waals surface area (Å²) in [7, 11) is 2.13. The maximum absolute atomic E-state index is 6.34. The van der Waals surface area contributed by atoms with E-state index < -0.39 is 11.9 Å². The number of rotatable bonds is 4. The summed E-state index contributed by atoms with van der Waals surface area (Å²) in [5, 5.41) is 22.0. The first-order valence-electron chi connectivity index (χ1n) is 15.2. The second kappa shape index (κ2) is 11.4. The summed E-state index contributed by atoms with van der Waals surface area (Å²) in [6.45, 7) is 12.6. The van der Waals surface area contributed by atoms with E-state index in [4.69, 9.17) is 43.4 Å². The monoisotopic (exact) mass is 693 g/mol. The maximum Gasteiger partial charge on any atom is 0.197 e. The second-order valence-electron chi connectivity index (χ2n) is 11.9. The third-order valence-electron chi connectivity index (χ3n) is 8.98. The van der Waals surface area contributed by atoms with Crippen LogP contribution in [0.15, 0.2) is 58.5 Å². The van der Waals surface area contributed by atoms with E-state index in [1.54, 1.807) is 22.7 Å². The van der Waals surface area contributed by atoms with Crippen LogP contribution in [-0.2, 0) is 0 Å². The molecule has 0 aliphatic carbocycles. The van der Waals surface area contributed by atoms with Gasteiger partial charge in [0.1, 0.15) is 21.7 Å². The van der Waals surface area contributed by atoms with E-state index in [0.717, 1.165) is 67.0 Å². The number of benzene rings is 2. The highest BCUT2D eigenvalue weighted by atomic mass is 35.5. The van der Waals surface area contributed by atoms with Crippen LogP contribution in [0.3, 0.4) is 0 Å². The van der Waals surface area contributed by atoms with Gasteiger partial charge in [0.05, 0.1) is 23.3 Å². The Bertz CT molecular complexity index is 2120. The molecule has 47 heavy (non-hydrogen) atoms. The first-order chi connectivity index (χ1) is 22.6. The second-order valence-corrected chi connectivity index (χ2v) is 15.1. The molecule has 0 fully saturated rings. The largest absolute Gasteiger partial charge is 0.282 e. The van der Waals surface area contributed by atoms with Crippen molar-refractivity contribution in [2.75, 3.05) is 0 Å². The van der Waals surface area contributed by atoms with Gasteiger partial charge in [-0.25, -0.2) is 0 Å². The van der Waals surface area contributed by atoms with Crippen molar-refractivity contribution in [2.24, 2.45) is 9.98 Å². The van der Waals surface area contributed by atoms with Crippen molar-refractivity contribution in [1.29, 1.82) is 0 Å². The molecule has 0 bridgehead atoms. The average Bonchev–Trinajstić information content (AvgIpc) is 3.73. The fourth-order valence-electron chi connectivity index (χ4n) is 6.34. The molecule has 8 nitrogen and oxygen atoms in total. The van der Waals surface area contributed by atoms with Crippen molar-refractivity contribution in [2.45, 2.75) is 53.4 Å². The predicted octanol–water partition coefficient (Wildman–Crippen LogP) is 8.23. The lowest BCUT2D eigenvalue weighted by atomic mass is 9.61. The van der Waals surface area contributed by atoms with Crippen LogP contribution in [0.25, 0.3) is 10.0 Å². The molecule has 0 saturated heterocycles. The molecule has 8 rings (SSSR count). The van der Waals surface area contributed by atoms with Gasteiger partial charge in [0, 0.05) is 42.1 Å². The Kier molecular flexibility index (Phi) is 7.36. The first kappa shape index (κ1) is 30.4. The lowest BCUT2D eigenvalue weighted by Gasteiger charge is -2.17. The highest BCUT2D eigenvalue weighted by Gasteiger charge is 2.37. The van der Waals surface area contributed by atoms with Crippen molar-refractivity contribution < 1.29 is 0 Å². The number of nitrogens with zero attached hydrogens (tertiary/aromatic N) is 8. The molecule has 2 aliphatic rings. The van der Waals surface area contributed by atoms with Crippen LogP contribution >= 0.6 is 45.9 Å². The fourth-order valence-corrected chi connectivity index (χ4v) is 9.02. The molecule has 0 amide bonds. The van der Waals surface area contributed by atoms with Crippen LogP contribution in [-0.4, -0.2) is 48.2 Å². The van der Waals surface area contributed by atoms with Gasteiger partial charge in [0.25, 0.3) is 0 Å². The Labute approximate surface area is 291 Å². The van der Waals surface area contributed by atoms with Gasteiger partial charge < -0.3 is 0 Å². The molecule has 6 heterocycles. The summed E-state index contributed by atoms with van der Waals surface area (Å²) in [6.07, 6.45) is 0. The number of halogens is 2. The summed E-state index contributed by atoms with van der Waals surface area (Å²) in [6, 6.07) is 15.7. The van der Waals surface area contributed by atoms with Crippen LogP contribution in [0.5, 0.6) is 0 Å². The Morgan fingerprint density at radius 1 is 0.574 bits per heavy atom. The Hall–Kier alpha value is -3.90. The standard InChI is InChI=1S/C34H28BCl2N8S2/c1-15-17(3)46-33-25(15)27(21-7-11-23(36)12-8-21)38-29(31-42-40-19(5)44(31)33)35-30-32-43-41-20(6)45(32)34-26(16(2)18(4)47-34)28(39-30)22-9-13-24(37)14-10-22/h7-14,29-30H,1-6H3/t29-,30-/m1/s1. The van der Waals surface area contributed by atoms with Crippen LogP contribution in [0.2, 0.25) is 10.0 Å². The molecular weight excluding hydrogens is 666 g/mol. The van der Waals surface area contributed by atoms with Crippen molar-refractivity contribution in [3.8, 4) is 10.0 Å². The van der Waals surface area contributed by atoms with Gasteiger partial charge in [0.2, 0.25) is 0 Å². The molecular formula is C34H28BCl2N8S2. The van der Waals surface area contributed by atoms with Gasteiger partial charge in [-0.05, 0) is 76.9 Å². The van der Waals surface area contributed by atoms with E-state index in [-0.39, 0.29) is 0 Å². The number of thiophene rings is 2. The summed E-state index contributed by atoms with van der Waals surface area (Å²) in [5.41, 5.74) is 8.23. The number of hydrogen-bond donors (Lipinski definition) is 0. The molecule has 0 saturated carbocycles. The minimum Gasteiger partial charge on any atom is -0.282 e. The van der Waals surface area contributed by atoms with Gasteiger partial charge in [-0.15, -0.1) is 43.1 Å². The maximum atomic E-state index is 6.34. The third-order valence-corrected chi connectivity index (χ3v) is 11.9. The van der Waals surface area contributed by atoms with Gasteiger partial charge in [-0.2, -0.15) is 0 Å². The van der Waals surface area contributed by atoms with Crippen molar-refractivity contribution >= 4 is 64.6 Å². The third kappa shape index (κ3) is 4.86. The van der Waals surface area contributed by atoms with Crippen LogP contribution in [0.4, 0.5) is 0 Å². The zero-order chi connectivity index (χ0) is 32.7. The lowest BCUT2D eigenvalue weighted by molar-refractivity contribution is 0.783. The first-order valence-corrected chi connectivity index (χ1v) is 17.6. The van der Waals surface area contributed by atoms with E-state index in [1.807, 2.05) is 62.4 Å². The van der Waals surface area contributed by atoms with Crippen LogP contribution in [0.1, 0.15) is 78.3 Å². The molecule has 2 atom stereocenters. The van der Waals surface area contributed by atoms with Gasteiger partial charge >= 0.3 is 0 Å². The Balaban J connectivity index is 1.36. The fraction of sp³-hybridized carbons (Fsp3) is 0.235. The SMILES string of the molecule is Cc1sc2c(c1C)C(c1ccc(Cl)cc1)=N[C@@H]([B][C@@H]1N=C(c3ccc(Cl)cc3)c3c(sc(C)c3C)-n3c(C)nnc31)c1nnc(C)n1-2.